The van der Waals surface area contributed by atoms with Gasteiger partial charge >= 0.3 is 6.18 Å². The first-order chi connectivity index (χ1) is 15.5. The molecule has 178 valence electrons. The first-order valence-electron chi connectivity index (χ1n) is 9.99. The summed E-state index contributed by atoms with van der Waals surface area (Å²) >= 11 is 6.00. The highest BCUT2D eigenvalue weighted by Crippen LogP contribution is 2.29. The highest BCUT2D eigenvalue weighted by atomic mass is 35.5. The quantitative estimate of drug-likeness (QED) is 0.490. The summed E-state index contributed by atoms with van der Waals surface area (Å²) in [5.41, 5.74) is 1.06. The molecule has 14 heteroatoms. The van der Waals surface area contributed by atoms with Gasteiger partial charge in [-0.1, -0.05) is 18.0 Å². The number of piperidine rings is 1. The summed E-state index contributed by atoms with van der Waals surface area (Å²) in [7, 11) is -4.56. The minimum Gasteiger partial charge on any atom is -0.366 e. The molecule has 1 saturated heterocycles. The number of nitrogens with one attached hydrogen (secondary N) is 2. The van der Waals surface area contributed by atoms with E-state index in [2.05, 4.69) is 25.3 Å². The van der Waals surface area contributed by atoms with Gasteiger partial charge in [-0.05, 0) is 18.9 Å². The number of halogens is 5. The SMILES string of the molecule is O=S(=O)(CC(F)(F)F)N1CCCCC1CNc1nc(-c2c[nH]c3ncc(Cl)cc23)ncc1F. The Bertz CT molecular complexity index is 1270. The molecule has 1 aliphatic heterocycles. The van der Waals surface area contributed by atoms with Crippen LogP contribution in [-0.2, 0) is 10.0 Å². The summed E-state index contributed by atoms with van der Waals surface area (Å²) in [6.45, 7) is -0.128. The Hall–Kier alpha value is -2.51. The highest BCUT2D eigenvalue weighted by molar-refractivity contribution is 7.89. The highest BCUT2D eigenvalue weighted by Gasteiger charge is 2.41. The largest absolute Gasteiger partial charge is 0.404 e. The first-order valence-corrected chi connectivity index (χ1v) is 12.0. The molecular formula is C19H19ClF4N6O2S. The molecule has 0 spiro atoms. The van der Waals surface area contributed by atoms with Crippen LogP contribution in [0, 0.1) is 5.82 Å². The van der Waals surface area contributed by atoms with Gasteiger partial charge in [0.25, 0.3) is 0 Å². The summed E-state index contributed by atoms with van der Waals surface area (Å²) in [5, 5.41) is 3.76. The second kappa shape index (κ2) is 9.03. The number of hydrogen-bond acceptors (Lipinski definition) is 6. The predicted octanol–water partition coefficient (Wildman–Crippen LogP) is 3.97. The number of pyridine rings is 1. The summed E-state index contributed by atoms with van der Waals surface area (Å²) in [4.78, 5) is 15.3. The van der Waals surface area contributed by atoms with Gasteiger partial charge < -0.3 is 10.3 Å². The number of rotatable bonds is 6. The lowest BCUT2D eigenvalue weighted by atomic mass is 10.1. The normalized spacial score (nSPS) is 18.0. The average molecular weight is 507 g/mol. The van der Waals surface area contributed by atoms with E-state index >= 15 is 0 Å². The van der Waals surface area contributed by atoms with Crippen molar-refractivity contribution < 1.29 is 26.0 Å². The van der Waals surface area contributed by atoms with Gasteiger partial charge in [-0.3, -0.25) is 0 Å². The maximum absolute atomic E-state index is 14.4. The lowest BCUT2D eigenvalue weighted by molar-refractivity contribution is -0.107. The van der Waals surface area contributed by atoms with E-state index in [1.165, 1.54) is 6.20 Å². The van der Waals surface area contributed by atoms with Crippen LogP contribution < -0.4 is 5.32 Å². The van der Waals surface area contributed by atoms with Crippen LogP contribution in [0.25, 0.3) is 22.4 Å². The Labute approximate surface area is 191 Å². The van der Waals surface area contributed by atoms with Gasteiger partial charge in [0.2, 0.25) is 10.0 Å². The fourth-order valence-corrected chi connectivity index (χ4v) is 5.61. The number of hydrogen-bond donors (Lipinski definition) is 2. The van der Waals surface area contributed by atoms with Crippen molar-refractivity contribution in [2.75, 3.05) is 24.2 Å². The van der Waals surface area contributed by atoms with Crippen molar-refractivity contribution in [3.05, 3.63) is 35.5 Å². The molecule has 3 aromatic heterocycles. The van der Waals surface area contributed by atoms with Gasteiger partial charge in [0.15, 0.2) is 23.2 Å². The predicted molar refractivity (Wildman–Crippen MR) is 115 cm³/mol. The number of alkyl halides is 3. The molecule has 0 aromatic carbocycles. The molecule has 4 heterocycles. The molecule has 0 saturated carbocycles. The minimum absolute atomic E-state index is 0.0225. The van der Waals surface area contributed by atoms with Crippen molar-refractivity contribution in [3.8, 4) is 11.4 Å². The number of H-pyrrole nitrogens is 1. The molecule has 33 heavy (non-hydrogen) atoms. The Morgan fingerprint density at radius 2 is 2.03 bits per heavy atom. The molecule has 8 nitrogen and oxygen atoms in total. The van der Waals surface area contributed by atoms with E-state index in [1.54, 1.807) is 12.3 Å². The standard InChI is InChI=1S/C19H19ClF4N6O2S/c20-11-5-13-14(8-27-16(13)25-6-11)17-28-9-15(21)18(29-17)26-7-12-3-1-2-4-30(12)33(31,32)10-19(22,23)24/h5-6,8-9,12H,1-4,7,10H2,(H,25,27)(H,26,28,29). The van der Waals surface area contributed by atoms with Gasteiger partial charge in [-0.25, -0.2) is 27.8 Å². The maximum atomic E-state index is 14.4. The molecule has 2 N–H and O–H groups in total. The first kappa shape index (κ1) is 23.6. The van der Waals surface area contributed by atoms with Crippen molar-refractivity contribution in [3.63, 3.8) is 0 Å². The number of sulfonamides is 1. The van der Waals surface area contributed by atoms with Crippen LogP contribution >= 0.6 is 11.6 Å². The topological polar surface area (TPSA) is 104 Å². The number of fused-ring (bicyclic) bond motifs is 1. The number of aromatic amines is 1. The molecular weight excluding hydrogens is 488 g/mol. The van der Waals surface area contributed by atoms with Gasteiger partial charge in [0.1, 0.15) is 5.65 Å². The van der Waals surface area contributed by atoms with Crippen molar-refractivity contribution in [1.29, 1.82) is 0 Å². The fraction of sp³-hybridized carbons (Fsp3) is 0.421. The Balaban J connectivity index is 1.56. The van der Waals surface area contributed by atoms with Crippen molar-refractivity contribution in [2.24, 2.45) is 0 Å². The third-order valence-corrected chi connectivity index (χ3v) is 7.36. The van der Waals surface area contributed by atoms with E-state index in [9.17, 15) is 26.0 Å². The summed E-state index contributed by atoms with van der Waals surface area (Å²) in [6.07, 6.45) is 0.612. The second-order valence-electron chi connectivity index (χ2n) is 7.65. The lowest BCUT2D eigenvalue weighted by Crippen LogP contribution is -2.49. The van der Waals surface area contributed by atoms with Gasteiger partial charge in [0, 0.05) is 42.5 Å². The van der Waals surface area contributed by atoms with Crippen LogP contribution in [0.3, 0.4) is 0 Å². The van der Waals surface area contributed by atoms with Crippen LogP contribution in [0.2, 0.25) is 5.02 Å². The van der Waals surface area contributed by atoms with Gasteiger partial charge in [0.05, 0.1) is 11.2 Å². The number of nitrogens with zero attached hydrogens (tertiary/aromatic N) is 4. The van der Waals surface area contributed by atoms with E-state index in [-0.39, 0.29) is 24.7 Å². The summed E-state index contributed by atoms with van der Waals surface area (Å²) < 4.78 is 78.1. The Kier molecular flexibility index (Phi) is 6.47. The third-order valence-electron chi connectivity index (χ3n) is 5.26. The summed E-state index contributed by atoms with van der Waals surface area (Å²) in [6, 6.07) is 0.890. The molecule has 1 aliphatic rings. The summed E-state index contributed by atoms with van der Waals surface area (Å²) in [5.74, 6) is -2.74. The zero-order valence-corrected chi connectivity index (χ0v) is 18.6. The number of aromatic nitrogens is 4. The van der Waals surface area contributed by atoms with Crippen molar-refractivity contribution in [2.45, 2.75) is 31.5 Å². The fourth-order valence-electron chi connectivity index (χ4n) is 3.83. The van der Waals surface area contributed by atoms with E-state index in [1.807, 2.05) is 0 Å². The molecule has 0 aliphatic carbocycles. The van der Waals surface area contributed by atoms with E-state index in [0.717, 1.165) is 10.5 Å². The van der Waals surface area contributed by atoms with E-state index in [0.29, 0.717) is 40.9 Å². The molecule has 1 atom stereocenters. The van der Waals surface area contributed by atoms with Crippen LogP contribution in [0.1, 0.15) is 19.3 Å². The minimum atomic E-state index is -4.85. The second-order valence-corrected chi connectivity index (χ2v) is 10.0. The molecule has 0 radical (unpaired) electrons. The molecule has 1 fully saturated rings. The van der Waals surface area contributed by atoms with Crippen LogP contribution in [0.15, 0.2) is 24.7 Å². The lowest BCUT2D eigenvalue weighted by Gasteiger charge is -2.35. The Morgan fingerprint density at radius 3 is 2.79 bits per heavy atom. The molecule has 1 unspecified atom stereocenters. The maximum Gasteiger partial charge on any atom is 0.404 e. The number of anilines is 1. The van der Waals surface area contributed by atoms with Crippen LogP contribution in [0.5, 0.6) is 0 Å². The molecule has 4 rings (SSSR count). The molecule has 0 bridgehead atoms. The van der Waals surface area contributed by atoms with Crippen molar-refractivity contribution in [1.82, 2.24) is 24.2 Å². The zero-order valence-electron chi connectivity index (χ0n) is 17.0. The zero-order chi connectivity index (χ0) is 23.8. The monoisotopic (exact) mass is 506 g/mol. The van der Waals surface area contributed by atoms with Gasteiger partial charge in [-0.15, -0.1) is 0 Å². The van der Waals surface area contributed by atoms with Crippen LogP contribution in [0.4, 0.5) is 23.4 Å². The molecule has 0 amide bonds. The average Bonchev–Trinajstić information content (AvgIpc) is 3.15. The van der Waals surface area contributed by atoms with E-state index in [4.69, 9.17) is 11.6 Å². The van der Waals surface area contributed by atoms with E-state index < -0.39 is 33.8 Å². The van der Waals surface area contributed by atoms with Crippen molar-refractivity contribution >= 4 is 38.5 Å². The molecule has 3 aromatic rings. The Morgan fingerprint density at radius 1 is 1.24 bits per heavy atom. The van der Waals surface area contributed by atoms with Crippen LogP contribution in [-0.4, -0.2) is 63.7 Å². The third kappa shape index (κ3) is 5.36. The van der Waals surface area contributed by atoms with Gasteiger partial charge in [-0.2, -0.15) is 17.5 Å². The smallest absolute Gasteiger partial charge is 0.366 e.